The van der Waals surface area contributed by atoms with Gasteiger partial charge in [-0.15, -0.1) is 0 Å². The van der Waals surface area contributed by atoms with Crippen LogP contribution < -0.4 is 0 Å². The summed E-state index contributed by atoms with van der Waals surface area (Å²) in [6, 6.07) is 0. The Kier molecular flexibility index (Phi) is 1.63. The van der Waals surface area contributed by atoms with Crippen molar-refractivity contribution in [3.8, 4) is 0 Å². The molecule has 0 aromatic carbocycles. The van der Waals surface area contributed by atoms with Gasteiger partial charge in [0.25, 0.3) is 0 Å². The Labute approximate surface area is 68.2 Å². The van der Waals surface area contributed by atoms with Crippen LogP contribution in [0.3, 0.4) is 0 Å². The standard InChI is InChI=1S/C6H8N2O2S/c9-4-3-5(10)8-1-2-11-6(8)7-4/h1-2,4-5,9-10H,3H2. The van der Waals surface area contributed by atoms with E-state index in [1.165, 1.54) is 11.8 Å². The molecule has 60 valence electrons. The number of aliphatic hydroxyl groups excluding tert-OH is 2. The molecule has 2 N–H and O–H groups in total. The number of thioether (sulfide) groups is 1. The number of rotatable bonds is 0. The van der Waals surface area contributed by atoms with Gasteiger partial charge >= 0.3 is 0 Å². The van der Waals surface area contributed by atoms with E-state index in [-0.39, 0.29) is 6.42 Å². The van der Waals surface area contributed by atoms with Crippen molar-refractivity contribution in [2.75, 3.05) is 0 Å². The molecule has 0 aromatic heterocycles. The molecule has 2 unspecified atom stereocenters. The van der Waals surface area contributed by atoms with Crippen molar-refractivity contribution in [2.45, 2.75) is 18.9 Å². The second-order valence-corrected chi connectivity index (χ2v) is 3.29. The normalized spacial score (nSPS) is 35.5. The van der Waals surface area contributed by atoms with E-state index in [0.717, 1.165) is 0 Å². The summed E-state index contributed by atoms with van der Waals surface area (Å²) in [6.45, 7) is 0. The first-order chi connectivity index (χ1) is 5.27. The first-order valence-corrected chi connectivity index (χ1v) is 4.21. The molecule has 2 heterocycles. The summed E-state index contributed by atoms with van der Waals surface area (Å²) in [5.41, 5.74) is 0. The van der Waals surface area contributed by atoms with Gasteiger partial charge in [-0.2, -0.15) is 0 Å². The smallest absolute Gasteiger partial charge is 0.172 e. The predicted molar refractivity (Wildman–Crippen MR) is 42.6 cm³/mol. The summed E-state index contributed by atoms with van der Waals surface area (Å²) < 4.78 is 0. The van der Waals surface area contributed by atoms with Gasteiger partial charge in [-0.3, -0.25) is 0 Å². The summed E-state index contributed by atoms with van der Waals surface area (Å²) in [5.74, 6) is 0. The van der Waals surface area contributed by atoms with Crippen LogP contribution in [0.2, 0.25) is 0 Å². The van der Waals surface area contributed by atoms with Gasteiger partial charge in [0.2, 0.25) is 0 Å². The number of aliphatic hydroxyl groups is 2. The second kappa shape index (κ2) is 2.51. The largest absolute Gasteiger partial charge is 0.373 e. The lowest BCUT2D eigenvalue weighted by Crippen LogP contribution is -2.39. The lowest BCUT2D eigenvalue weighted by molar-refractivity contribution is 0.0168. The summed E-state index contributed by atoms with van der Waals surface area (Å²) in [5, 5.41) is 21.0. The van der Waals surface area contributed by atoms with E-state index in [9.17, 15) is 5.11 Å². The zero-order valence-electron chi connectivity index (χ0n) is 5.71. The van der Waals surface area contributed by atoms with Gasteiger partial charge in [-0.1, -0.05) is 11.8 Å². The molecule has 2 aliphatic heterocycles. The Balaban J connectivity index is 2.25. The minimum atomic E-state index is -0.747. The Morgan fingerprint density at radius 2 is 2.45 bits per heavy atom. The average molecular weight is 172 g/mol. The van der Waals surface area contributed by atoms with Crippen LogP contribution in [0, 0.1) is 0 Å². The number of aliphatic imine (C=N–C) groups is 1. The van der Waals surface area contributed by atoms with E-state index in [1.54, 1.807) is 11.1 Å². The lowest BCUT2D eigenvalue weighted by Gasteiger charge is -2.28. The molecule has 0 fully saturated rings. The van der Waals surface area contributed by atoms with E-state index in [2.05, 4.69) is 4.99 Å². The molecule has 0 aliphatic carbocycles. The highest BCUT2D eigenvalue weighted by Crippen LogP contribution is 2.27. The number of fused-ring (bicyclic) bond motifs is 1. The molecule has 0 saturated carbocycles. The third-order valence-electron chi connectivity index (χ3n) is 1.62. The summed E-state index contributed by atoms with van der Waals surface area (Å²) in [7, 11) is 0. The van der Waals surface area contributed by atoms with Crippen LogP contribution in [0.1, 0.15) is 6.42 Å². The number of hydrogen-bond donors (Lipinski definition) is 2. The van der Waals surface area contributed by atoms with E-state index in [1.807, 2.05) is 5.41 Å². The molecular formula is C6H8N2O2S. The molecule has 0 amide bonds. The minimum Gasteiger partial charge on any atom is -0.373 e. The molecule has 0 aromatic rings. The van der Waals surface area contributed by atoms with Crippen molar-refractivity contribution in [3.05, 3.63) is 11.6 Å². The fraction of sp³-hybridized carbons (Fsp3) is 0.500. The topological polar surface area (TPSA) is 56.1 Å². The van der Waals surface area contributed by atoms with Crippen LogP contribution >= 0.6 is 11.8 Å². The zero-order chi connectivity index (χ0) is 7.84. The van der Waals surface area contributed by atoms with Gasteiger partial charge < -0.3 is 15.1 Å². The van der Waals surface area contributed by atoms with Crippen molar-refractivity contribution in [3.63, 3.8) is 0 Å². The third kappa shape index (κ3) is 1.15. The Morgan fingerprint density at radius 1 is 1.64 bits per heavy atom. The molecule has 11 heavy (non-hydrogen) atoms. The highest BCUT2D eigenvalue weighted by molar-refractivity contribution is 8.16. The quantitative estimate of drug-likeness (QED) is 0.536. The maximum Gasteiger partial charge on any atom is 0.172 e. The molecule has 4 nitrogen and oxygen atoms in total. The predicted octanol–water partition coefficient (Wildman–Crippen LogP) is -0.0971. The van der Waals surface area contributed by atoms with E-state index in [0.29, 0.717) is 5.17 Å². The zero-order valence-corrected chi connectivity index (χ0v) is 6.53. The van der Waals surface area contributed by atoms with Crippen LogP contribution in [-0.2, 0) is 0 Å². The van der Waals surface area contributed by atoms with Crippen molar-refractivity contribution in [1.29, 1.82) is 0 Å². The molecule has 2 aliphatic rings. The maximum absolute atomic E-state index is 9.37. The summed E-state index contributed by atoms with van der Waals surface area (Å²) >= 11 is 1.41. The van der Waals surface area contributed by atoms with Gasteiger partial charge in [0.05, 0.1) is 0 Å². The fourth-order valence-corrected chi connectivity index (χ4v) is 1.89. The van der Waals surface area contributed by atoms with E-state index < -0.39 is 12.5 Å². The second-order valence-electron chi connectivity index (χ2n) is 2.42. The van der Waals surface area contributed by atoms with Crippen LogP contribution in [0.25, 0.3) is 0 Å². The van der Waals surface area contributed by atoms with E-state index >= 15 is 0 Å². The van der Waals surface area contributed by atoms with E-state index in [4.69, 9.17) is 5.11 Å². The van der Waals surface area contributed by atoms with Crippen molar-refractivity contribution >= 4 is 16.9 Å². The molecule has 0 saturated heterocycles. The number of nitrogens with zero attached hydrogens (tertiary/aromatic N) is 2. The van der Waals surface area contributed by atoms with Gasteiger partial charge in [0.15, 0.2) is 11.4 Å². The molecule has 2 rings (SSSR count). The van der Waals surface area contributed by atoms with Gasteiger partial charge in [-0.05, 0) is 5.41 Å². The monoisotopic (exact) mass is 172 g/mol. The molecule has 0 radical (unpaired) electrons. The first-order valence-electron chi connectivity index (χ1n) is 3.33. The molecule has 2 atom stereocenters. The van der Waals surface area contributed by atoms with Crippen LogP contribution in [0.5, 0.6) is 0 Å². The van der Waals surface area contributed by atoms with Crippen LogP contribution in [0.4, 0.5) is 0 Å². The molecule has 0 bridgehead atoms. The SMILES string of the molecule is OC1CC(O)N2C=CSC2=N1. The highest BCUT2D eigenvalue weighted by Gasteiger charge is 2.28. The lowest BCUT2D eigenvalue weighted by atomic mass is 10.3. The van der Waals surface area contributed by atoms with Crippen LogP contribution in [0.15, 0.2) is 16.6 Å². The highest BCUT2D eigenvalue weighted by atomic mass is 32.2. The first kappa shape index (κ1) is 7.15. The van der Waals surface area contributed by atoms with Crippen molar-refractivity contribution in [2.24, 2.45) is 4.99 Å². The van der Waals surface area contributed by atoms with Crippen LogP contribution in [-0.4, -0.2) is 32.7 Å². The Hall–Kier alpha value is -0.520. The molecular weight excluding hydrogens is 164 g/mol. The number of hydrogen-bond acceptors (Lipinski definition) is 5. The van der Waals surface area contributed by atoms with Gasteiger partial charge in [-0.25, -0.2) is 4.99 Å². The minimum absolute atomic E-state index is 0.286. The Bertz CT molecular complexity index is 229. The summed E-state index contributed by atoms with van der Waals surface area (Å²) in [6.07, 6.45) is 0.682. The maximum atomic E-state index is 9.37. The Morgan fingerprint density at radius 3 is 3.27 bits per heavy atom. The molecule has 5 heteroatoms. The van der Waals surface area contributed by atoms with Gasteiger partial charge in [0.1, 0.15) is 6.23 Å². The third-order valence-corrected chi connectivity index (χ3v) is 2.40. The summed E-state index contributed by atoms with van der Waals surface area (Å²) in [4.78, 5) is 5.58. The fourth-order valence-electron chi connectivity index (χ4n) is 1.09. The van der Waals surface area contributed by atoms with Crippen molar-refractivity contribution < 1.29 is 10.2 Å². The molecule has 0 spiro atoms. The average Bonchev–Trinajstić information content (AvgIpc) is 2.34. The van der Waals surface area contributed by atoms with Crippen molar-refractivity contribution in [1.82, 2.24) is 4.90 Å². The number of amidine groups is 1. The van der Waals surface area contributed by atoms with Gasteiger partial charge in [0, 0.05) is 12.6 Å².